The fraction of sp³-hybridized carbons (Fsp3) is 0.318. The van der Waals surface area contributed by atoms with Crippen molar-refractivity contribution in [1.29, 1.82) is 0 Å². The van der Waals surface area contributed by atoms with Crippen molar-refractivity contribution in [3.05, 3.63) is 55.0 Å². The molecule has 0 aliphatic carbocycles. The molecule has 2 aromatic heterocycles. The number of unbranched alkanes of at least 4 members (excludes halogenated alkanes) is 3. The zero-order chi connectivity index (χ0) is 19.6. The van der Waals surface area contributed by atoms with Crippen LogP contribution in [-0.4, -0.2) is 29.6 Å². The monoisotopic (exact) mass is 379 g/mol. The summed E-state index contributed by atoms with van der Waals surface area (Å²) in [6, 6.07) is 13.9. The molecule has 3 aromatic rings. The molecular weight excluding hydrogens is 354 g/mol. The SMILES string of the molecule is COC(=O)CCCCCCNc1nc(-c2ccccc2)cc(-c2ccoc2)n1. The van der Waals surface area contributed by atoms with E-state index in [0.717, 1.165) is 54.7 Å². The van der Waals surface area contributed by atoms with Gasteiger partial charge in [0.25, 0.3) is 0 Å². The number of nitrogens with one attached hydrogen (secondary N) is 1. The highest BCUT2D eigenvalue weighted by Gasteiger charge is 2.09. The zero-order valence-corrected chi connectivity index (χ0v) is 16.1. The average molecular weight is 379 g/mol. The number of hydrogen-bond acceptors (Lipinski definition) is 6. The minimum Gasteiger partial charge on any atom is -0.472 e. The standard InChI is InChI=1S/C22H25N3O3/c1-27-21(26)11-7-2-3-8-13-23-22-24-19(17-9-5-4-6-10-17)15-20(25-22)18-12-14-28-16-18/h4-6,9-10,12,14-16H,2-3,7-8,11,13H2,1H3,(H,23,24,25). The summed E-state index contributed by atoms with van der Waals surface area (Å²) in [7, 11) is 1.42. The van der Waals surface area contributed by atoms with E-state index in [-0.39, 0.29) is 5.97 Å². The molecule has 0 unspecified atom stereocenters. The Morgan fingerprint density at radius 2 is 1.75 bits per heavy atom. The van der Waals surface area contributed by atoms with Gasteiger partial charge in [-0.25, -0.2) is 9.97 Å². The maximum atomic E-state index is 11.1. The normalized spacial score (nSPS) is 10.6. The Morgan fingerprint density at radius 3 is 2.46 bits per heavy atom. The molecule has 3 rings (SSSR count). The fourth-order valence-electron chi connectivity index (χ4n) is 2.89. The summed E-state index contributed by atoms with van der Waals surface area (Å²) in [4.78, 5) is 20.4. The first-order valence-electron chi connectivity index (χ1n) is 9.54. The second-order valence-corrected chi connectivity index (χ2v) is 6.51. The van der Waals surface area contributed by atoms with Gasteiger partial charge in [0.05, 0.1) is 31.0 Å². The quantitative estimate of drug-likeness (QED) is 0.397. The number of ether oxygens (including phenoxy) is 1. The molecule has 0 spiro atoms. The second-order valence-electron chi connectivity index (χ2n) is 6.51. The number of rotatable bonds is 10. The average Bonchev–Trinajstić information content (AvgIpc) is 3.28. The predicted molar refractivity (Wildman–Crippen MR) is 109 cm³/mol. The van der Waals surface area contributed by atoms with Crippen molar-refractivity contribution in [3.8, 4) is 22.5 Å². The van der Waals surface area contributed by atoms with Crippen LogP contribution in [0.4, 0.5) is 5.95 Å². The topological polar surface area (TPSA) is 77.2 Å². The van der Waals surface area contributed by atoms with Crippen LogP contribution in [-0.2, 0) is 9.53 Å². The minimum absolute atomic E-state index is 0.143. The van der Waals surface area contributed by atoms with E-state index in [4.69, 9.17) is 4.42 Å². The van der Waals surface area contributed by atoms with Crippen molar-refractivity contribution in [3.63, 3.8) is 0 Å². The van der Waals surface area contributed by atoms with Gasteiger partial charge in [0.2, 0.25) is 5.95 Å². The summed E-state index contributed by atoms with van der Waals surface area (Å²) < 4.78 is 9.85. The molecular formula is C22H25N3O3. The van der Waals surface area contributed by atoms with E-state index in [1.54, 1.807) is 12.5 Å². The van der Waals surface area contributed by atoms with Crippen LogP contribution in [0.1, 0.15) is 32.1 Å². The van der Waals surface area contributed by atoms with E-state index < -0.39 is 0 Å². The zero-order valence-electron chi connectivity index (χ0n) is 16.1. The van der Waals surface area contributed by atoms with Crippen molar-refractivity contribution < 1.29 is 13.9 Å². The molecule has 146 valence electrons. The summed E-state index contributed by atoms with van der Waals surface area (Å²) in [6.07, 6.45) is 7.70. The molecule has 0 bridgehead atoms. The number of furan rings is 1. The number of methoxy groups -OCH3 is 1. The van der Waals surface area contributed by atoms with Gasteiger partial charge in [0.1, 0.15) is 0 Å². The number of aromatic nitrogens is 2. The van der Waals surface area contributed by atoms with Gasteiger partial charge in [0.15, 0.2) is 0 Å². The highest BCUT2D eigenvalue weighted by atomic mass is 16.5. The van der Waals surface area contributed by atoms with Gasteiger partial charge in [-0.1, -0.05) is 43.2 Å². The number of carbonyl (C=O) groups excluding carboxylic acids is 1. The highest BCUT2D eigenvalue weighted by molar-refractivity contribution is 5.69. The Hall–Kier alpha value is -3.15. The summed E-state index contributed by atoms with van der Waals surface area (Å²) in [5, 5.41) is 3.32. The van der Waals surface area contributed by atoms with Crippen LogP contribution in [0.2, 0.25) is 0 Å². The number of hydrogen-bond donors (Lipinski definition) is 1. The van der Waals surface area contributed by atoms with Gasteiger partial charge in [-0.05, 0) is 25.0 Å². The van der Waals surface area contributed by atoms with Crippen LogP contribution in [0, 0.1) is 0 Å². The van der Waals surface area contributed by atoms with Crippen molar-refractivity contribution in [2.75, 3.05) is 19.0 Å². The Kier molecular flexibility index (Phi) is 7.18. The van der Waals surface area contributed by atoms with Gasteiger partial charge >= 0.3 is 5.97 Å². The van der Waals surface area contributed by atoms with Crippen LogP contribution >= 0.6 is 0 Å². The lowest BCUT2D eigenvalue weighted by atomic mass is 10.1. The Balaban J connectivity index is 1.61. The largest absolute Gasteiger partial charge is 0.472 e. The molecule has 6 heteroatoms. The van der Waals surface area contributed by atoms with E-state index in [0.29, 0.717) is 12.4 Å². The van der Waals surface area contributed by atoms with Gasteiger partial charge in [-0.15, -0.1) is 0 Å². The smallest absolute Gasteiger partial charge is 0.305 e. The van der Waals surface area contributed by atoms with Crippen molar-refractivity contribution in [1.82, 2.24) is 9.97 Å². The third kappa shape index (κ3) is 5.67. The molecule has 6 nitrogen and oxygen atoms in total. The van der Waals surface area contributed by atoms with Crippen LogP contribution < -0.4 is 5.32 Å². The van der Waals surface area contributed by atoms with Crippen LogP contribution in [0.3, 0.4) is 0 Å². The summed E-state index contributed by atoms with van der Waals surface area (Å²) in [6.45, 7) is 0.779. The van der Waals surface area contributed by atoms with Crippen LogP contribution in [0.15, 0.2) is 59.4 Å². The van der Waals surface area contributed by atoms with E-state index in [1.807, 2.05) is 42.5 Å². The molecule has 1 aromatic carbocycles. The summed E-state index contributed by atoms with van der Waals surface area (Å²) in [5.41, 5.74) is 3.65. The fourth-order valence-corrected chi connectivity index (χ4v) is 2.89. The lowest BCUT2D eigenvalue weighted by Gasteiger charge is -2.09. The Bertz CT molecular complexity index is 864. The third-order valence-electron chi connectivity index (χ3n) is 4.43. The number of esters is 1. The van der Waals surface area contributed by atoms with E-state index in [1.165, 1.54) is 7.11 Å². The molecule has 0 atom stereocenters. The molecule has 2 heterocycles. The van der Waals surface area contributed by atoms with Gasteiger partial charge in [-0.3, -0.25) is 4.79 Å². The molecule has 0 saturated carbocycles. The molecule has 0 amide bonds. The molecule has 0 aliphatic heterocycles. The molecule has 28 heavy (non-hydrogen) atoms. The molecule has 0 saturated heterocycles. The minimum atomic E-state index is -0.143. The molecule has 0 fully saturated rings. The van der Waals surface area contributed by atoms with Gasteiger partial charge < -0.3 is 14.5 Å². The number of anilines is 1. The van der Waals surface area contributed by atoms with E-state index >= 15 is 0 Å². The first-order chi connectivity index (χ1) is 13.8. The highest BCUT2D eigenvalue weighted by Crippen LogP contribution is 2.25. The predicted octanol–water partition coefficient (Wildman–Crippen LogP) is 4.94. The number of benzene rings is 1. The second kappa shape index (κ2) is 10.3. The summed E-state index contributed by atoms with van der Waals surface area (Å²) >= 11 is 0. The first kappa shape index (κ1) is 19.6. The number of nitrogens with zero attached hydrogens (tertiary/aromatic N) is 2. The van der Waals surface area contributed by atoms with Gasteiger partial charge in [0, 0.05) is 24.1 Å². The maximum Gasteiger partial charge on any atom is 0.305 e. The third-order valence-corrected chi connectivity index (χ3v) is 4.43. The first-order valence-corrected chi connectivity index (χ1v) is 9.54. The molecule has 0 radical (unpaired) electrons. The maximum absolute atomic E-state index is 11.1. The lowest BCUT2D eigenvalue weighted by Crippen LogP contribution is -2.07. The summed E-state index contributed by atoms with van der Waals surface area (Å²) in [5.74, 6) is 0.461. The number of carbonyl (C=O) groups is 1. The molecule has 1 N–H and O–H groups in total. The lowest BCUT2D eigenvalue weighted by molar-refractivity contribution is -0.140. The van der Waals surface area contributed by atoms with E-state index in [9.17, 15) is 4.79 Å². The van der Waals surface area contributed by atoms with Crippen LogP contribution in [0.5, 0.6) is 0 Å². The molecule has 0 aliphatic rings. The van der Waals surface area contributed by atoms with Crippen molar-refractivity contribution >= 4 is 11.9 Å². The Labute approximate surface area is 165 Å². The van der Waals surface area contributed by atoms with Gasteiger partial charge in [-0.2, -0.15) is 0 Å². The van der Waals surface area contributed by atoms with Crippen LogP contribution in [0.25, 0.3) is 22.5 Å². The van der Waals surface area contributed by atoms with E-state index in [2.05, 4.69) is 20.0 Å². The van der Waals surface area contributed by atoms with Crippen molar-refractivity contribution in [2.45, 2.75) is 32.1 Å². The van der Waals surface area contributed by atoms with Crippen molar-refractivity contribution in [2.24, 2.45) is 0 Å². The Morgan fingerprint density at radius 1 is 1.00 bits per heavy atom.